The van der Waals surface area contributed by atoms with Gasteiger partial charge in [0, 0.05) is 26.0 Å². The fraction of sp³-hybridized carbons (Fsp3) is 0.214. The topological polar surface area (TPSA) is 36.1 Å². The van der Waals surface area contributed by atoms with Crippen molar-refractivity contribution in [3.63, 3.8) is 0 Å². The number of carbonyl (C=O) groups excluding carboxylic acids is 1. The quantitative estimate of drug-likeness (QED) is 0.855. The number of aromatic amines is 1. The van der Waals surface area contributed by atoms with Crippen LogP contribution in [0.3, 0.4) is 0 Å². The SMILES string of the molecule is CN(Cc1cc[nH]c1)C(=O)Cc1ccccc1. The van der Waals surface area contributed by atoms with Crippen molar-refractivity contribution in [2.45, 2.75) is 13.0 Å². The van der Waals surface area contributed by atoms with Gasteiger partial charge in [-0.05, 0) is 17.2 Å². The van der Waals surface area contributed by atoms with Gasteiger partial charge < -0.3 is 9.88 Å². The molecule has 0 aliphatic heterocycles. The number of hydrogen-bond donors (Lipinski definition) is 1. The summed E-state index contributed by atoms with van der Waals surface area (Å²) in [5, 5.41) is 0. The van der Waals surface area contributed by atoms with Gasteiger partial charge in [-0.15, -0.1) is 0 Å². The van der Waals surface area contributed by atoms with Gasteiger partial charge in [-0.25, -0.2) is 0 Å². The van der Waals surface area contributed by atoms with Gasteiger partial charge in [0.25, 0.3) is 0 Å². The molecule has 88 valence electrons. The molecule has 0 aliphatic carbocycles. The first-order valence-electron chi connectivity index (χ1n) is 5.65. The second-order valence-corrected chi connectivity index (χ2v) is 4.13. The Balaban J connectivity index is 1.92. The number of H-pyrrole nitrogens is 1. The summed E-state index contributed by atoms with van der Waals surface area (Å²) < 4.78 is 0. The van der Waals surface area contributed by atoms with Crippen molar-refractivity contribution >= 4 is 5.91 Å². The lowest BCUT2D eigenvalue weighted by atomic mass is 10.1. The molecule has 3 heteroatoms. The largest absolute Gasteiger partial charge is 0.367 e. The first kappa shape index (κ1) is 11.5. The maximum absolute atomic E-state index is 12.0. The van der Waals surface area contributed by atoms with E-state index in [1.165, 1.54) is 0 Å². The average molecular weight is 228 g/mol. The Morgan fingerprint density at radius 2 is 1.94 bits per heavy atom. The first-order chi connectivity index (χ1) is 8.25. The minimum Gasteiger partial charge on any atom is -0.367 e. The predicted octanol–water partition coefficient (Wildman–Crippen LogP) is 2.22. The van der Waals surface area contributed by atoms with Gasteiger partial charge in [0.2, 0.25) is 5.91 Å². The summed E-state index contributed by atoms with van der Waals surface area (Å²) in [7, 11) is 1.83. The highest BCUT2D eigenvalue weighted by Gasteiger charge is 2.09. The van der Waals surface area contributed by atoms with E-state index in [4.69, 9.17) is 0 Å². The molecule has 0 radical (unpaired) electrons. The number of benzene rings is 1. The standard InChI is InChI=1S/C14H16N2O/c1-16(11-13-7-8-15-10-13)14(17)9-12-5-3-2-4-6-12/h2-8,10,15H,9,11H2,1H3. The molecule has 0 saturated carbocycles. The maximum atomic E-state index is 12.0. The summed E-state index contributed by atoms with van der Waals surface area (Å²) in [5.41, 5.74) is 2.17. The Morgan fingerprint density at radius 3 is 2.59 bits per heavy atom. The number of amides is 1. The minimum absolute atomic E-state index is 0.136. The van der Waals surface area contributed by atoms with E-state index in [1.54, 1.807) is 4.90 Å². The van der Waals surface area contributed by atoms with E-state index in [0.29, 0.717) is 13.0 Å². The van der Waals surface area contributed by atoms with Crippen LogP contribution < -0.4 is 0 Å². The Morgan fingerprint density at radius 1 is 1.18 bits per heavy atom. The highest BCUT2D eigenvalue weighted by Crippen LogP contribution is 2.05. The smallest absolute Gasteiger partial charge is 0.227 e. The van der Waals surface area contributed by atoms with Gasteiger partial charge in [0.1, 0.15) is 0 Å². The molecule has 17 heavy (non-hydrogen) atoms. The molecule has 3 nitrogen and oxygen atoms in total. The highest BCUT2D eigenvalue weighted by molar-refractivity contribution is 5.78. The molecule has 0 saturated heterocycles. The van der Waals surface area contributed by atoms with Crippen LogP contribution in [0.2, 0.25) is 0 Å². The number of carbonyl (C=O) groups is 1. The average Bonchev–Trinajstić information content (AvgIpc) is 2.83. The molecule has 0 spiro atoms. The zero-order valence-corrected chi connectivity index (χ0v) is 9.89. The van der Waals surface area contributed by atoms with Crippen molar-refractivity contribution < 1.29 is 4.79 Å². The summed E-state index contributed by atoms with van der Waals surface area (Å²) in [6, 6.07) is 11.8. The molecule has 1 aromatic carbocycles. The summed E-state index contributed by atoms with van der Waals surface area (Å²) in [6.07, 6.45) is 4.24. The summed E-state index contributed by atoms with van der Waals surface area (Å²) in [6.45, 7) is 0.648. The third kappa shape index (κ3) is 3.21. The molecule has 2 rings (SSSR count). The summed E-state index contributed by atoms with van der Waals surface area (Å²) in [5.74, 6) is 0.136. The molecule has 1 amide bonds. The Hall–Kier alpha value is -2.03. The van der Waals surface area contributed by atoms with E-state index in [0.717, 1.165) is 11.1 Å². The highest BCUT2D eigenvalue weighted by atomic mass is 16.2. The van der Waals surface area contributed by atoms with Crippen molar-refractivity contribution in [2.24, 2.45) is 0 Å². The van der Waals surface area contributed by atoms with Crippen molar-refractivity contribution in [3.05, 3.63) is 59.9 Å². The van der Waals surface area contributed by atoms with Crippen LogP contribution in [0.5, 0.6) is 0 Å². The van der Waals surface area contributed by atoms with Crippen LogP contribution in [0, 0.1) is 0 Å². The van der Waals surface area contributed by atoms with E-state index in [2.05, 4.69) is 4.98 Å². The van der Waals surface area contributed by atoms with Crippen LogP contribution in [0.1, 0.15) is 11.1 Å². The monoisotopic (exact) mass is 228 g/mol. The third-order valence-corrected chi connectivity index (χ3v) is 2.71. The van der Waals surface area contributed by atoms with Crippen LogP contribution in [0.15, 0.2) is 48.8 Å². The molecule has 0 aliphatic rings. The molecule has 2 aromatic rings. The van der Waals surface area contributed by atoms with Gasteiger partial charge in [0.05, 0.1) is 6.42 Å². The van der Waals surface area contributed by atoms with Gasteiger partial charge in [-0.3, -0.25) is 4.79 Å². The predicted molar refractivity (Wildman–Crippen MR) is 67.4 cm³/mol. The zero-order valence-electron chi connectivity index (χ0n) is 9.89. The van der Waals surface area contributed by atoms with E-state index in [1.807, 2.05) is 55.8 Å². The fourth-order valence-electron chi connectivity index (χ4n) is 1.72. The van der Waals surface area contributed by atoms with E-state index >= 15 is 0 Å². The van der Waals surface area contributed by atoms with Crippen LogP contribution in [0.4, 0.5) is 0 Å². The molecule has 1 heterocycles. The van der Waals surface area contributed by atoms with Crippen molar-refractivity contribution in [3.8, 4) is 0 Å². The van der Waals surface area contributed by atoms with Crippen molar-refractivity contribution in [1.82, 2.24) is 9.88 Å². The Labute approximate surface area is 101 Å². The second-order valence-electron chi connectivity index (χ2n) is 4.13. The summed E-state index contributed by atoms with van der Waals surface area (Å²) in [4.78, 5) is 16.7. The third-order valence-electron chi connectivity index (χ3n) is 2.71. The lowest BCUT2D eigenvalue weighted by Crippen LogP contribution is -2.27. The number of likely N-dealkylation sites (N-methyl/N-ethyl adjacent to an activating group) is 1. The molecular formula is C14H16N2O. The molecular weight excluding hydrogens is 212 g/mol. The van der Waals surface area contributed by atoms with Gasteiger partial charge in [0.15, 0.2) is 0 Å². The molecule has 0 atom stereocenters. The maximum Gasteiger partial charge on any atom is 0.227 e. The Bertz CT molecular complexity index is 462. The van der Waals surface area contributed by atoms with E-state index < -0.39 is 0 Å². The van der Waals surface area contributed by atoms with Gasteiger partial charge >= 0.3 is 0 Å². The molecule has 0 unspecified atom stereocenters. The fourth-order valence-corrected chi connectivity index (χ4v) is 1.72. The van der Waals surface area contributed by atoms with Crippen molar-refractivity contribution in [2.75, 3.05) is 7.05 Å². The van der Waals surface area contributed by atoms with Gasteiger partial charge in [-0.2, -0.15) is 0 Å². The number of aromatic nitrogens is 1. The molecule has 0 bridgehead atoms. The summed E-state index contributed by atoms with van der Waals surface area (Å²) >= 11 is 0. The number of hydrogen-bond acceptors (Lipinski definition) is 1. The number of nitrogens with one attached hydrogen (secondary N) is 1. The normalized spacial score (nSPS) is 10.2. The van der Waals surface area contributed by atoms with Crippen LogP contribution in [-0.2, 0) is 17.8 Å². The lowest BCUT2D eigenvalue weighted by Gasteiger charge is -2.16. The molecule has 1 N–H and O–H groups in total. The molecule has 0 fully saturated rings. The number of rotatable bonds is 4. The van der Waals surface area contributed by atoms with E-state index in [9.17, 15) is 4.79 Å². The zero-order chi connectivity index (χ0) is 12.1. The second kappa shape index (κ2) is 5.34. The number of nitrogens with zero attached hydrogens (tertiary/aromatic N) is 1. The van der Waals surface area contributed by atoms with Crippen molar-refractivity contribution in [1.29, 1.82) is 0 Å². The molecule has 1 aromatic heterocycles. The van der Waals surface area contributed by atoms with Crippen LogP contribution in [0.25, 0.3) is 0 Å². The van der Waals surface area contributed by atoms with E-state index in [-0.39, 0.29) is 5.91 Å². The lowest BCUT2D eigenvalue weighted by molar-refractivity contribution is -0.129. The van der Waals surface area contributed by atoms with Crippen LogP contribution in [-0.4, -0.2) is 22.8 Å². The van der Waals surface area contributed by atoms with Gasteiger partial charge in [-0.1, -0.05) is 30.3 Å². The first-order valence-corrected chi connectivity index (χ1v) is 5.65. The minimum atomic E-state index is 0.136. The van der Waals surface area contributed by atoms with Crippen LogP contribution >= 0.6 is 0 Å². The Kier molecular flexibility index (Phi) is 3.60.